The smallest absolute Gasteiger partial charge is 0.328 e. The van der Waals surface area contributed by atoms with Crippen LogP contribution < -0.4 is 4.74 Å². The molecule has 0 unspecified atom stereocenters. The van der Waals surface area contributed by atoms with Gasteiger partial charge in [0, 0.05) is 50.2 Å². The number of hydrogen-bond acceptors (Lipinski definition) is 5. The Balaban J connectivity index is 0.000000260. The van der Waals surface area contributed by atoms with Gasteiger partial charge >= 0.3 is 11.9 Å². The molecule has 0 spiro atoms. The molecule has 7 heteroatoms. The Kier molecular flexibility index (Phi) is 7.17. The number of fused-ring (bicyclic) bond motifs is 2. The number of carboxylic acid groups (broad SMARTS) is 2. The van der Waals surface area contributed by atoms with Gasteiger partial charge in [0.15, 0.2) is 0 Å². The molecule has 2 aliphatic heterocycles. The maximum Gasteiger partial charge on any atom is 0.328 e. The molecule has 2 N–H and O–H groups in total. The highest BCUT2D eigenvalue weighted by Crippen LogP contribution is 2.31. The number of piperidine rings is 2. The fourth-order valence-corrected chi connectivity index (χ4v) is 3.66. The normalized spacial score (nSPS) is 26.0. The second kappa shape index (κ2) is 9.35. The molecule has 26 heavy (non-hydrogen) atoms. The first-order valence-corrected chi connectivity index (χ1v) is 8.58. The van der Waals surface area contributed by atoms with Crippen molar-refractivity contribution in [3.63, 3.8) is 0 Å². The van der Waals surface area contributed by atoms with Crippen LogP contribution in [-0.4, -0.2) is 78.3 Å². The first kappa shape index (κ1) is 19.9. The number of aliphatic carboxylic acids is 2. The molecule has 0 saturated carbocycles. The van der Waals surface area contributed by atoms with Crippen LogP contribution in [0.2, 0.25) is 0 Å². The Labute approximate surface area is 153 Å². The molecule has 2 fully saturated rings. The van der Waals surface area contributed by atoms with E-state index in [0.29, 0.717) is 30.1 Å². The molecule has 0 atom stereocenters. The van der Waals surface area contributed by atoms with E-state index in [1.54, 1.807) is 0 Å². The van der Waals surface area contributed by atoms with E-state index < -0.39 is 11.9 Å². The molecule has 1 aromatic rings. The quantitative estimate of drug-likeness (QED) is 0.780. The van der Waals surface area contributed by atoms with Crippen molar-refractivity contribution in [2.45, 2.75) is 6.10 Å². The lowest BCUT2D eigenvalue weighted by atomic mass is 9.82. The van der Waals surface area contributed by atoms with Gasteiger partial charge in [-0.05, 0) is 26.2 Å². The zero-order chi connectivity index (χ0) is 19.1. The van der Waals surface area contributed by atoms with Gasteiger partial charge in [-0.25, -0.2) is 9.59 Å². The van der Waals surface area contributed by atoms with Gasteiger partial charge in [0.05, 0.1) is 0 Å². The van der Waals surface area contributed by atoms with Crippen molar-refractivity contribution in [1.29, 1.82) is 0 Å². The third-order valence-corrected chi connectivity index (χ3v) is 4.50. The van der Waals surface area contributed by atoms with Crippen molar-refractivity contribution in [3.8, 4) is 5.75 Å². The number of carboxylic acids is 2. The number of benzene rings is 1. The summed E-state index contributed by atoms with van der Waals surface area (Å²) in [5.74, 6) is -0.230. The van der Waals surface area contributed by atoms with Gasteiger partial charge in [-0.3, -0.25) is 0 Å². The predicted molar refractivity (Wildman–Crippen MR) is 97.2 cm³/mol. The van der Waals surface area contributed by atoms with Crippen LogP contribution >= 0.6 is 0 Å². The molecule has 0 aromatic heterocycles. The van der Waals surface area contributed by atoms with Gasteiger partial charge in [0.2, 0.25) is 0 Å². The maximum absolute atomic E-state index is 9.55. The summed E-state index contributed by atoms with van der Waals surface area (Å²) in [5, 5.41) is 15.6. The first-order valence-electron chi connectivity index (χ1n) is 8.58. The van der Waals surface area contributed by atoms with Crippen LogP contribution in [0.25, 0.3) is 0 Å². The summed E-state index contributed by atoms with van der Waals surface area (Å²) < 4.78 is 6.27. The molecule has 0 amide bonds. The van der Waals surface area contributed by atoms with Crippen LogP contribution in [0.4, 0.5) is 0 Å². The zero-order valence-electron chi connectivity index (χ0n) is 15.1. The molecule has 3 rings (SSSR count). The van der Waals surface area contributed by atoms with Crippen molar-refractivity contribution in [1.82, 2.24) is 9.80 Å². The highest BCUT2D eigenvalue weighted by Gasteiger charge is 2.41. The highest BCUT2D eigenvalue weighted by atomic mass is 16.5. The van der Waals surface area contributed by atoms with Crippen LogP contribution in [0.5, 0.6) is 5.75 Å². The number of likely N-dealkylation sites (tertiary alicyclic amines) is 2. The van der Waals surface area contributed by atoms with Crippen molar-refractivity contribution in [2.24, 2.45) is 11.8 Å². The lowest BCUT2D eigenvalue weighted by molar-refractivity contribution is -0.134. The summed E-state index contributed by atoms with van der Waals surface area (Å²) in [7, 11) is 4.45. The number of para-hydroxylation sites is 1. The molecule has 2 saturated heterocycles. The molecule has 2 aliphatic rings. The Morgan fingerprint density at radius 3 is 1.73 bits per heavy atom. The zero-order valence-corrected chi connectivity index (χ0v) is 15.1. The average molecular weight is 362 g/mol. The van der Waals surface area contributed by atoms with E-state index in [2.05, 4.69) is 36.0 Å². The van der Waals surface area contributed by atoms with Gasteiger partial charge in [-0.2, -0.15) is 0 Å². The average Bonchev–Trinajstić information content (AvgIpc) is 2.56. The minimum Gasteiger partial charge on any atom is -0.490 e. The van der Waals surface area contributed by atoms with Gasteiger partial charge in [-0.1, -0.05) is 18.2 Å². The van der Waals surface area contributed by atoms with Crippen LogP contribution in [0, 0.1) is 11.8 Å². The monoisotopic (exact) mass is 362 g/mol. The minimum atomic E-state index is -1.26. The molecule has 2 heterocycles. The van der Waals surface area contributed by atoms with Crippen molar-refractivity contribution >= 4 is 11.9 Å². The van der Waals surface area contributed by atoms with E-state index in [0.717, 1.165) is 31.9 Å². The Bertz CT molecular complexity index is 588. The van der Waals surface area contributed by atoms with Gasteiger partial charge in [0.1, 0.15) is 11.9 Å². The molecular weight excluding hydrogens is 336 g/mol. The van der Waals surface area contributed by atoms with Crippen molar-refractivity contribution < 1.29 is 24.5 Å². The topological polar surface area (TPSA) is 90.3 Å². The second-order valence-electron chi connectivity index (χ2n) is 6.87. The summed E-state index contributed by atoms with van der Waals surface area (Å²) in [6.07, 6.45) is 1.50. The first-order chi connectivity index (χ1) is 12.3. The molecule has 2 bridgehead atoms. The third kappa shape index (κ3) is 6.16. The number of hydrogen-bond donors (Lipinski definition) is 2. The van der Waals surface area contributed by atoms with Crippen molar-refractivity contribution in [3.05, 3.63) is 42.5 Å². The number of ether oxygens (including phenoxy) is 1. The lowest BCUT2D eigenvalue weighted by Crippen LogP contribution is -2.60. The fourth-order valence-electron chi connectivity index (χ4n) is 3.66. The third-order valence-electron chi connectivity index (χ3n) is 4.50. The van der Waals surface area contributed by atoms with Gasteiger partial charge in [-0.15, -0.1) is 0 Å². The van der Waals surface area contributed by atoms with Crippen molar-refractivity contribution in [2.75, 3.05) is 40.3 Å². The van der Waals surface area contributed by atoms with Crippen LogP contribution in [0.1, 0.15) is 0 Å². The van der Waals surface area contributed by atoms with E-state index in [9.17, 15) is 9.59 Å². The number of carbonyl (C=O) groups is 2. The molecule has 0 aliphatic carbocycles. The Morgan fingerprint density at radius 2 is 1.35 bits per heavy atom. The highest BCUT2D eigenvalue weighted by molar-refractivity contribution is 5.89. The van der Waals surface area contributed by atoms with Crippen LogP contribution in [0.15, 0.2) is 42.5 Å². The number of rotatable bonds is 4. The van der Waals surface area contributed by atoms with E-state index in [1.165, 1.54) is 0 Å². The Hall–Kier alpha value is -2.38. The van der Waals surface area contributed by atoms with Crippen LogP contribution in [-0.2, 0) is 9.59 Å². The summed E-state index contributed by atoms with van der Waals surface area (Å²) in [6.45, 7) is 4.60. The van der Waals surface area contributed by atoms with Crippen LogP contribution in [0.3, 0.4) is 0 Å². The van der Waals surface area contributed by atoms with E-state index in [-0.39, 0.29) is 0 Å². The summed E-state index contributed by atoms with van der Waals surface area (Å²) in [5.41, 5.74) is 0. The fraction of sp³-hybridized carbons (Fsp3) is 0.474. The minimum absolute atomic E-state index is 0.389. The predicted octanol–water partition coefficient (Wildman–Crippen LogP) is 1.27. The number of nitrogens with zero attached hydrogens (tertiary/aromatic N) is 2. The van der Waals surface area contributed by atoms with E-state index >= 15 is 0 Å². The molecule has 0 radical (unpaired) electrons. The van der Waals surface area contributed by atoms with Gasteiger partial charge in [0.25, 0.3) is 0 Å². The SMILES string of the molecule is CN1CC2CN(C)CC(C1)C2Oc1ccccc1.O=C(O)/C=C/C(=O)O. The molecule has 1 aromatic carbocycles. The van der Waals surface area contributed by atoms with E-state index in [4.69, 9.17) is 14.9 Å². The lowest BCUT2D eigenvalue weighted by Gasteiger charge is -2.48. The molecular formula is C19H26N2O5. The largest absolute Gasteiger partial charge is 0.490 e. The van der Waals surface area contributed by atoms with E-state index in [1.807, 2.05) is 18.2 Å². The molecule has 7 nitrogen and oxygen atoms in total. The summed E-state index contributed by atoms with van der Waals surface area (Å²) in [6, 6.07) is 10.3. The Morgan fingerprint density at radius 1 is 0.923 bits per heavy atom. The maximum atomic E-state index is 9.55. The van der Waals surface area contributed by atoms with Gasteiger partial charge < -0.3 is 24.7 Å². The summed E-state index contributed by atoms with van der Waals surface area (Å²) in [4.78, 5) is 24.0. The standard InChI is InChI=1S/C15H22N2O.C4H4O4/c1-16-8-12-10-17(2)11-13(9-16)15(12)18-14-6-4-3-5-7-14;5-3(6)1-2-4(7)8/h3-7,12-13,15H,8-11H2,1-2H3;1-2H,(H,5,6)(H,7,8)/b;2-1+. The second-order valence-corrected chi connectivity index (χ2v) is 6.87. The molecule has 142 valence electrons. The summed E-state index contributed by atoms with van der Waals surface area (Å²) >= 11 is 0.